The average Bonchev–Trinajstić information content (AvgIpc) is 3.16. The van der Waals surface area contributed by atoms with E-state index in [1.807, 2.05) is 91.0 Å². The van der Waals surface area contributed by atoms with Gasteiger partial charge in [-0.3, -0.25) is 38.8 Å². The van der Waals surface area contributed by atoms with E-state index in [4.69, 9.17) is 14.2 Å². The summed E-state index contributed by atoms with van der Waals surface area (Å²) in [6, 6.07) is 24.6. The number of hydrogen-bond acceptors (Lipinski definition) is 11. The van der Waals surface area contributed by atoms with Crippen LogP contribution in [0.3, 0.4) is 0 Å². The molecule has 4 N–H and O–H groups in total. The van der Waals surface area contributed by atoms with Crippen LogP contribution < -0.4 is 0 Å². The first-order valence-electron chi connectivity index (χ1n) is 18.3. The van der Waals surface area contributed by atoms with Gasteiger partial charge < -0.3 is 34.6 Å². The molecule has 1 heterocycles. The fraction of sp³-hybridized carbons (Fsp3) is 0.450. The Morgan fingerprint density at radius 1 is 0.455 bits per heavy atom. The predicted molar refractivity (Wildman–Crippen MR) is 201 cm³/mol. The Kier molecular flexibility index (Phi) is 18.2. The zero-order valence-electron chi connectivity index (χ0n) is 30.9. The summed E-state index contributed by atoms with van der Waals surface area (Å²) < 4.78 is 17.6. The van der Waals surface area contributed by atoms with Crippen LogP contribution in [-0.4, -0.2) is 161 Å². The van der Waals surface area contributed by atoms with E-state index < -0.39 is 42.0 Å². The number of carbonyl (C=O) groups is 4. The Balaban J connectivity index is 1.58. The van der Waals surface area contributed by atoms with Gasteiger partial charge in [0.1, 0.15) is 18.1 Å². The molecular weight excluding hydrogens is 712 g/mol. The quantitative estimate of drug-likeness (QED) is 0.131. The second-order valence-electron chi connectivity index (χ2n) is 13.3. The number of carboxylic acids is 4. The predicted octanol–water partition coefficient (Wildman–Crippen LogP) is 2.30. The van der Waals surface area contributed by atoms with Crippen LogP contribution in [0.2, 0.25) is 0 Å². The molecule has 1 saturated heterocycles. The lowest BCUT2D eigenvalue weighted by Gasteiger charge is -2.38. The monoisotopic (exact) mass is 764 g/mol. The highest BCUT2D eigenvalue weighted by molar-refractivity contribution is 5.74. The molecule has 0 saturated carbocycles. The summed E-state index contributed by atoms with van der Waals surface area (Å²) >= 11 is 0. The van der Waals surface area contributed by atoms with Crippen LogP contribution in [0.1, 0.15) is 16.7 Å². The Bertz CT molecular complexity index is 1520. The minimum absolute atomic E-state index is 0.0865. The molecule has 0 radical (unpaired) electrons. The van der Waals surface area contributed by atoms with E-state index in [1.54, 1.807) is 19.6 Å². The van der Waals surface area contributed by atoms with E-state index in [0.29, 0.717) is 0 Å². The third-order valence-corrected chi connectivity index (χ3v) is 9.45. The van der Waals surface area contributed by atoms with Gasteiger partial charge in [-0.05, 0) is 16.7 Å². The van der Waals surface area contributed by atoms with E-state index in [2.05, 4.69) is 0 Å². The standard InChI is InChI=1S/C40H52N4O11/c45-37(46)24-41-16-18-42(34(38(47)48)28-53-25-31-10-4-1-5-11-31)20-22-44(36(40(51)52)30-55-27-33-14-8-3-9-15-33)23-21-43(19-17-41)35(39(49)50)29-54-26-32-12-6-2-7-13-32/h1-15,34-36H,16-30H2,(H,45,46)(H,47,48)(H,49,50)(H,51,52). The largest absolute Gasteiger partial charge is 0.480 e. The van der Waals surface area contributed by atoms with E-state index in [9.17, 15) is 39.6 Å². The highest BCUT2D eigenvalue weighted by Crippen LogP contribution is 2.13. The van der Waals surface area contributed by atoms with Crippen molar-refractivity contribution in [1.29, 1.82) is 0 Å². The Hall–Kier alpha value is -4.74. The fourth-order valence-electron chi connectivity index (χ4n) is 6.37. The van der Waals surface area contributed by atoms with E-state index in [1.165, 1.54) is 0 Å². The summed E-state index contributed by atoms with van der Waals surface area (Å²) in [7, 11) is 0. The second kappa shape index (κ2) is 23.2. The topological polar surface area (TPSA) is 190 Å². The highest BCUT2D eigenvalue weighted by Gasteiger charge is 2.33. The van der Waals surface area contributed by atoms with Gasteiger partial charge in [-0.15, -0.1) is 0 Å². The zero-order chi connectivity index (χ0) is 39.4. The molecule has 1 fully saturated rings. The molecule has 3 aromatic carbocycles. The SMILES string of the molecule is O=C(O)CN1CCN(C(COCc2ccccc2)C(=O)O)CCN(C(COCc2ccccc2)C(=O)O)CCN(C(COCc2ccccc2)C(=O)O)CC1. The van der Waals surface area contributed by atoms with Gasteiger partial charge in [-0.1, -0.05) is 91.0 Å². The fourth-order valence-corrected chi connectivity index (χ4v) is 6.37. The minimum Gasteiger partial charge on any atom is -0.480 e. The third kappa shape index (κ3) is 15.1. The first kappa shape index (κ1) is 43.0. The number of nitrogens with zero attached hydrogens (tertiary/aromatic N) is 4. The molecule has 0 aliphatic carbocycles. The maximum atomic E-state index is 12.8. The Labute approximate surface area is 321 Å². The van der Waals surface area contributed by atoms with Crippen LogP contribution in [-0.2, 0) is 53.2 Å². The molecule has 4 rings (SSSR count). The summed E-state index contributed by atoms with van der Waals surface area (Å²) in [6.07, 6.45) is 0. The van der Waals surface area contributed by atoms with Gasteiger partial charge in [0, 0.05) is 52.4 Å². The summed E-state index contributed by atoms with van der Waals surface area (Å²) in [5, 5.41) is 41.0. The Morgan fingerprint density at radius 2 is 0.727 bits per heavy atom. The van der Waals surface area contributed by atoms with Crippen molar-refractivity contribution >= 4 is 23.9 Å². The van der Waals surface area contributed by atoms with Crippen LogP contribution in [0.15, 0.2) is 91.0 Å². The Morgan fingerprint density at radius 3 is 0.982 bits per heavy atom. The molecule has 0 amide bonds. The molecule has 298 valence electrons. The lowest BCUT2D eigenvalue weighted by atomic mass is 10.2. The third-order valence-electron chi connectivity index (χ3n) is 9.45. The van der Waals surface area contributed by atoms with Crippen molar-refractivity contribution < 1.29 is 53.8 Å². The van der Waals surface area contributed by atoms with Gasteiger partial charge >= 0.3 is 23.9 Å². The molecule has 0 bridgehead atoms. The molecular formula is C40H52N4O11. The lowest BCUT2D eigenvalue weighted by molar-refractivity contribution is -0.150. The molecule has 55 heavy (non-hydrogen) atoms. The van der Waals surface area contributed by atoms with Gasteiger partial charge in [0.15, 0.2) is 0 Å². The van der Waals surface area contributed by atoms with Gasteiger partial charge in [0.2, 0.25) is 0 Å². The molecule has 15 heteroatoms. The molecule has 3 aromatic rings. The molecule has 3 atom stereocenters. The number of benzene rings is 3. The van der Waals surface area contributed by atoms with E-state index in [0.717, 1.165) is 16.7 Å². The lowest BCUT2D eigenvalue weighted by Crippen LogP contribution is -2.56. The molecule has 0 aromatic heterocycles. The van der Waals surface area contributed by atoms with Crippen molar-refractivity contribution in [3.05, 3.63) is 108 Å². The molecule has 1 aliphatic heterocycles. The molecule has 3 unspecified atom stereocenters. The number of hydrogen-bond donors (Lipinski definition) is 4. The number of ether oxygens (including phenoxy) is 3. The molecule has 15 nitrogen and oxygen atoms in total. The van der Waals surface area contributed by atoms with Crippen molar-refractivity contribution in [3.8, 4) is 0 Å². The average molecular weight is 765 g/mol. The second-order valence-corrected chi connectivity index (χ2v) is 13.3. The van der Waals surface area contributed by atoms with Crippen LogP contribution in [0.5, 0.6) is 0 Å². The number of rotatable bonds is 20. The van der Waals surface area contributed by atoms with Crippen molar-refractivity contribution in [2.45, 2.75) is 37.9 Å². The van der Waals surface area contributed by atoms with Crippen molar-refractivity contribution in [2.75, 3.05) is 78.7 Å². The van der Waals surface area contributed by atoms with Crippen molar-refractivity contribution in [3.63, 3.8) is 0 Å². The number of aliphatic carboxylic acids is 4. The first-order chi connectivity index (χ1) is 26.6. The van der Waals surface area contributed by atoms with Crippen LogP contribution >= 0.6 is 0 Å². The summed E-state index contributed by atoms with van der Waals surface area (Å²) in [4.78, 5) is 56.8. The molecule has 1 aliphatic rings. The maximum absolute atomic E-state index is 12.8. The van der Waals surface area contributed by atoms with Crippen LogP contribution in [0.4, 0.5) is 0 Å². The smallest absolute Gasteiger partial charge is 0.323 e. The zero-order valence-corrected chi connectivity index (χ0v) is 30.9. The first-order valence-corrected chi connectivity index (χ1v) is 18.3. The van der Waals surface area contributed by atoms with Gasteiger partial charge in [-0.2, -0.15) is 0 Å². The van der Waals surface area contributed by atoms with Gasteiger partial charge in [-0.25, -0.2) is 0 Å². The molecule has 0 spiro atoms. The normalized spacial score (nSPS) is 17.3. The van der Waals surface area contributed by atoms with Gasteiger partial charge in [0.05, 0.1) is 46.2 Å². The highest BCUT2D eigenvalue weighted by atomic mass is 16.5. The summed E-state index contributed by atoms with van der Waals surface area (Å²) in [5.41, 5.74) is 2.60. The summed E-state index contributed by atoms with van der Waals surface area (Å²) in [5.74, 6) is -4.50. The summed E-state index contributed by atoms with van der Waals surface area (Å²) in [6.45, 7) is 0.592. The van der Waals surface area contributed by atoms with Gasteiger partial charge in [0.25, 0.3) is 0 Å². The van der Waals surface area contributed by atoms with Crippen molar-refractivity contribution in [2.24, 2.45) is 0 Å². The van der Waals surface area contributed by atoms with E-state index in [-0.39, 0.29) is 98.5 Å². The minimum atomic E-state index is -1.15. The van der Waals surface area contributed by atoms with Crippen LogP contribution in [0.25, 0.3) is 0 Å². The number of carboxylic acid groups (broad SMARTS) is 4. The van der Waals surface area contributed by atoms with E-state index >= 15 is 0 Å². The maximum Gasteiger partial charge on any atom is 0.323 e. The van der Waals surface area contributed by atoms with Crippen LogP contribution in [0, 0.1) is 0 Å². The van der Waals surface area contributed by atoms with Crippen molar-refractivity contribution in [1.82, 2.24) is 19.6 Å².